The Bertz CT molecular complexity index is 1050. The maximum Gasteiger partial charge on any atom is 0.292 e. The molecule has 0 unspecified atom stereocenters. The number of aromatic amines is 1. The molecule has 0 atom stereocenters. The largest absolute Gasteiger partial charge is 0.292 e. The minimum atomic E-state index is -0.454. The number of fused-ring (bicyclic) bond motifs is 1. The minimum Gasteiger partial charge on any atom is -0.267 e. The second kappa shape index (κ2) is 7.95. The summed E-state index contributed by atoms with van der Waals surface area (Å²) in [5, 5.41) is 11.5. The number of rotatable bonds is 5. The van der Waals surface area contributed by atoms with Gasteiger partial charge in [0.05, 0.1) is 5.39 Å². The zero-order valence-corrected chi connectivity index (χ0v) is 15.6. The first kappa shape index (κ1) is 18.5. The molecule has 0 aliphatic rings. The Labute approximate surface area is 157 Å². The molecule has 3 rings (SSSR count). The highest BCUT2D eigenvalue weighted by Crippen LogP contribution is 2.13. The fourth-order valence-electron chi connectivity index (χ4n) is 2.75. The summed E-state index contributed by atoms with van der Waals surface area (Å²) >= 11 is 0. The molecule has 1 amide bonds. The monoisotopic (exact) mass is 362 g/mol. The summed E-state index contributed by atoms with van der Waals surface area (Å²) in [5.74, 6) is -0.281. The second-order valence-electron chi connectivity index (χ2n) is 6.81. The van der Waals surface area contributed by atoms with Gasteiger partial charge in [-0.1, -0.05) is 61.9 Å². The lowest BCUT2D eigenvalue weighted by Crippen LogP contribution is -2.25. The molecule has 0 aliphatic carbocycles. The van der Waals surface area contributed by atoms with Crippen molar-refractivity contribution in [2.75, 3.05) is 0 Å². The maximum atomic E-state index is 12.6. The number of carbonyl (C=O) groups is 1. The summed E-state index contributed by atoms with van der Waals surface area (Å²) in [4.78, 5) is 24.5. The van der Waals surface area contributed by atoms with Crippen LogP contribution in [-0.4, -0.2) is 21.8 Å². The zero-order chi connectivity index (χ0) is 19.4. The molecule has 0 radical (unpaired) electrons. The number of hydrogen-bond donors (Lipinski definition) is 2. The van der Waals surface area contributed by atoms with Crippen LogP contribution in [0.5, 0.6) is 0 Å². The topological polar surface area (TPSA) is 87.2 Å². The van der Waals surface area contributed by atoms with E-state index in [0.717, 1.165) is 11.3 Å². The Morgan fingerprint density at radius 2 is 1.78 bits per heavy atom. The Morgan fingerprint density at radius 1 is 1.11 bits per heavy atom. The molecule has 2 aromatic carbocycles. The van der Waals surface area contributed by atoms with Crippen LogP contribution in [0.4, 0.5) is 0 Å². The van der Waals surface area contributed by atoms with Crippen molar-refractivity contribution in [2.24, 2.45) is 11.0 Å². The number of hydrogen-bond acceptors (Lipinski definition) is 4. The van der Waals surface area contributed by atoms with E-state index in [1.165, 1.54) is 5.56 Å². The number of nitrogens with zero attached hydrogens (tertiary/aromatic N) is 2. The van der Waals surface area contributed by atoms with Crippen LogP contribution in [0.25, 0.3) is 10.8 Å². The molecule has 138 valence electrons. The van der Waals surface area contributed by atoms with E-state index in [-0.39, 0.29) is 17.2 Å². The van der Waals surface area contributed by atoms with Crippen LogP contribution in [-0.2, 0) is 6.42 Å². The van der Waals surface area contributed by atoms with E-state index in [2.05, 4.69) is 45.0 Å². The van der Waals surface area contributed by atoms with Gasteiger partial charge in [0.2, 0.25) is 0 Å². The van der Waals surface area contributed by atoms with E-state index >= 15 is 0 Å². The molecule has 0 aliphatic heterocycles. The number of nitrogens with one attached hydrogen (secondary N) is 2. The number of H-pyrrole nitrogens is 1. The van der Waals surface area contributed by atoms with Crippen LogP contribution < -0.4 is 11.0 Å². The third-order valence-electron chi connectivity index (χ3n) is 4.38. The van der Waals surface area contributed by atoms with Crippen molar-refractivity contribution in [3.8, 4) is 0 Å². The highest BCUT2D eigenvalue weighted by molar-refractivity contribution is 6.05. The number of amides is 1. The van der Waals surface area contributed by atoms with Crippen molar-refractivity contribution in [1.29, 1.82) is 0 Å². The first-order valence-electron chi connectivity index (χ1n) is 8.85. The smallest absolute Gasteiger partial charge is 0.267 e. The number of benzene rings is 2. The number of aryl methyl sites for hydroxylation is 1. The van der Waals surface area contributed by atoms with Crippen molar-refractivity contribution in [1.82, 2.24) is 15.6 Å². The van der Waals surface area contributed by atoms with E-state index in [1.54, 1.807) is 24.3 Å². The predicted molar refractivity (Wildman–Crippen MR) is 107 cm³/mol. The Hall–Kier alpha value is -3.28. The van der Waals surface area contributed by atoms with Gasteiger partial charge < -0.3 is 0 Å². The SMILES string of the molecule is Cc1ccc(C/C(=N/NC(=O)c2n[nH]c(=O)c3ccccc23)C(C)C)cc1. The van der Waals surface area contributed by atoms with Crippen molar-refractivity contribution in [3.63, 3.8) is 0 Å². The average Bonchev–Trinajstić information content (AvgIpc) is 2.66. The van der Waals surface area contributed by atoms with Crippen LogP contribution in [0.1, 0.15) is 35.5 Å². The molecule has 6 nitrogen and oxygen atoms in total. The molecular weight excluding hydrogens is 340 g/mol. The number of aromatic nitrogens is 2. The van der Waals surface area contributed by atoms with Gasteiger partial charge in [-0.15, -0.1) is 0 Å². The van der Waals surface area contributed by atoms with Gasteiger partial charge in [0.1, 0.15) is 0 Å². The molecule has 3 aromatic rings. The molecular formula is C21H22N4O2. The van der Waals surface area contributed by atoms with Crippen LogP contribution >= 0.6 is 0 Å². The van der Waals surface area contributed by atoms with E-state index in [9.17, 15) is 9.59 Å². The fraction of sp³-hybridized carbons (Fsp3) is 0.238. The third kappa shape index (κ3) is 4.28. The van der Waals surface area contributed by atoms with Gasteiger partial charge in [-0.3, -0.25) is 9.59 Å². The summed E-state index contributed by atoms with van der Waals surface area (Å²) in [6.07, 6.45) is 0.651. The molecule has 0 saturated heterocycles. The van der Waals surface area contributed by atoms with Gasteiger partial charge in [-0.05, 0) is 24.5 Å². The molecule has 0 fully saturated rings. The van der Waals surface area contributed by atoms with Gasteiger partial charge in [0, 0.05) is 17.5 Å². The highest BCUT2D eigenvalue weighted by Gasteiger charge is 2.14. The summed E-state index contributed by atoms with van der Waals surface area (Å²) in [5.41, 5.74) is 5.60. The summed E-state index contributed by atoms with van der Waals surface area (Å²) in [6, 6.07) is 15.1. The number of carbonyl (C=O) groups excluding carboxylic acids is 1. The maximum absolute atomic E-state index is 12.6. The number of hydrazone groups is 1. The van der Waals surface area contributed by atoms with Crippen molar-refractivity contribution in [2.45, 2.75) is 27.2 Å². The molecule has 0 bridgehead atoms. The zero-order valence-electron chi connectivity index (χ0n) is 15.6. The van der Waals surface area contributed by atoms with Gasteiger partial charge in [0.25, 0.3) is 11.5 Å². The van der Waals surface area contributed by atoms with Crippen molar-refractivity contribution < 1.29 is 4.79 Å². The lowest BCUT2D eigenvalue weighted by Gasteiger charge is -2.11. The second-order valence-corrected chi connectivity index (χ2v) is 6.81. The average molecular weight is 362 g/mol. The van der Waals surface area contributed by atoms with Crippen LogP contribution in [0, 0.1) is 12.8 Å². The molecule has 0 saturated carbocycles. The standard InChI is InChI=1S/C21H22N4O2/c1-13(2)18(12-15-10-8-14(3)9-11-15)22-25-21(27)19-16-6-4-5-7-17(16)20(26)24-23-19/h4-11,13H,12H2,1-3H3,(H,24,26)(H,25,27)/b22-18-. The lowest BCUT2D eigenvalue weighted by molar-refractivity contribution is 0.0950. The van der Waals surface area contributed by atoms with Crippen molar-refractivity contribution in [3.05, 3.63) is 75.7 Å². The van der Waals surface area contributed by atoms with Crippen LogP contribution in [0.15, 0.2) is 58.4 Å². The first-order valence-corrected chi connectivity index (χ1v) is 8.85. The van der Waals surface area contributed by atoms with E-state index in [4.69, 9.17) is 0 Å². The van der Waals surface area contributed by atoms with Gasteiger partial charge >= 0.3 is 0 Å². The quantitative estimate of drug-likeness (QED) is 0.540. The minimum absolute atomic E-state index is 0.146. The van der Waals surface area contributed by atoms with Crippen molar-refractivity contribution >= 4 is 22.4 Å². The van der Waals surface area contributed by atoms with E-state index < -0.39 is 5.91 Å². The van der Waals surface area contributed by atoms with E-state index in [1.807, 2.05) is 20.8 Å². The molecule has 1 aromatic heterocycles. The summed E-state index contributed by atoms with van der Waals surface area (Å²) in [6.45, 7) is 6.11. The lowest BCUT2D eigenvalue weighted by atomic mass is 9.99. The predicted octanol–water partition coefficient (Wildman–Crippen LogP) is 3.22. The fourth-order valence-corrected chi connectivity index (χ4v) is 2.75. The normalized spacial score (nSPS) is 11.8. The Morgan fingerprint density at radius 3 is 2.44 bits per heavy atom. The van der Waals surface area contributed by atoms with Gasteiger partial charge in [-0.2, -0.15) is 10.2 Å². The van der Waals surface area contributed by atoms with Crippen LogP contribution in [0.3, 0.4) is 0 Å². The third-order valence-corrected chi connectivity index (χ3v) is 4.38. The molecule has 2 N–H and O–H groups in total. The van der Waals surface area contributed by atoms with Gasteiger partial charge in [0.15, 0.2) is 5.69 Å². The molecule has 0 spiro atoms. The molecule has 1 heterocycles. The van der Waals surface area contributed by atoms with Crippen LogP contribution in [0.2, 0.25) is 0 Å². The van der Waals surface area contributed by atoms with Gasteiger partial charge in [-0.25, -0.2) is 10.5 Å². The first-order chi connectivity index (χ1) is 13.0. The molecule has 6 heteroatoms. The summed E-state index contributed by atoms with van der Waals surface area (Å²) < 4.78 is 0. The highest BCUT2D eigenvalue weighted by atomic mass is 16.2. The summed E-state index contributed by atoms with van der Waals surface area (Å²) in [7, 11) is 0. The Kier molecular flexibility index (Phi) is 5.45. The molecule has 27 heavy (non-hydrogen) atoms. The van der Waals surface area contributed by atoms with E-state index in [0.29, 0.717) is 17.2 Å². The Balaban J connectivity index is 1.84.